The van der Waals surface area contributed by atoms with Crippen LogP contribution in [0.15, 0.2) is 24.3 Å². The van der Waals surface area contributed by atoms with Crippen LogP contribution in [0, 0.1) is 17.8 Å². The molecule has 0 aliphatic heterocycles. The van der Waals surface area contributed by atoms with Crippen molar-refractivity contribution in [2.75, 3.05) is 39.6 Å². The van der Waals surface area contributed by atoms with E-state index in [9.17, 15) is 43.2 Å². The highest BCUT2D eigenvalue weighted by Gasteiger charge is 2.30. The molecule has 0 amide bonds. The Morgan fingerprint density at radius 1 is 0.355 bits per heavy atom. The van der Waals surface area contributed by atoms with Crippen LogP contribution in [0.1, 0.15) is 350 Å². The third-order valence-corrected chi connectivity index (χ3v) is 19.1. The van der Waals surface area contributed by atoms with Crippen LogP contribution in [0.4, 0.5) is 0 Å². The van der Waals surface area contributed by atoms with Gasteiger partial charge in [-0.25, -0.2) is 9.13 Å². The number of phosphoric ester groups is 2. The van der Waals surface area contributed by atoms with E-state index in [0.29, 0.717) is 31.6 Å². The molecule has 0 aromatic carbocycles. The number of aliphatic hydroxyl groups excluding tert-OH is 1. The van der Waals surface area contributed by atoms with Crippen molar-refractivity contribution in [3.8, 4) is 0 Å². The lowest BCUT2D eigenvalue weighted by Gasteiger charge is -2.21. The Morgan fingerprint density at radius 2 is 0.634 bits per heavy atom. The molecule has 0 radical (unpaired) electrons. The van der Waals surface area contributed by atoms with Gasteiger partial charge in [0, 0.05) is 25.7 Å². The Hall–Kier alpha value is -2.46. The summed E-state index contributed by atoms with van der Waals surface area (Å²) in [6.07, 6.45) is 52.3. The summed E-state index contributed by atoms with van der Waals surface area (Å²) >= 11 is 0. The minimum Gasteiger partial charge on any atom is -0.462 e. The smallest absolute Gasteiger partial charge is 0.462 e. The number of carbonyl (C=O) groups excluding carboxylic acids is 4. The molecule has 0 saturated carbocycles. The first kappa shape index (κ1) is 90.5. The third-order valence-electron chi connectivity index (χ3n) is 17.2. The molecule has 0 aromatic heterocycles. The Kier molecular flexibility index (Phi) is 62.5. The number of carbonyl (C=O) groups is 4. The van der Waals surface area contributed by atoms with E-state index in [1.54, 1.807) is 0 Å². The average Bonchev–Trinajstić information content (AvgIpc) is 3.60. The quantitative estimate of drug-likeness (QED) is 0.0169. The molecule has 19 heteroatoms. The second kappa shape index (κ2) is 64.2. The molecule has 0 heterocycles. The zero-order valence-corrected chi connectivity index (χ0v) is 62.0. The monoisotopic (exact) mass is 1360 g/mol. The lowest BCUT2D eigenvalue weighted by Crippen LogP contribution is -2.30. The number of aliphatic hydroxyl groups is 1. The van der Waals surface area contributed by atoms with Crippen molar-refractivity contribution in [2.45, 2.75) is 369 Å². The van der Waals surface area contributed by atoms with Gasteiger partial charge in [0.15, 0.2) is 12.2 Å². The van der Waals surface area contributed by atoms with E-state index in [1.165, 1.54) is 141 Å². The molecular weight excluding hydrogens is 1220 g/mol. The van der Waals surface area contributed by atoms with Gasteiger partial charge in [-0.1, -0.05) is 297 Å². The standard InChI is InChI=1S/C74H140O17P2/c1-8-11-12-13-14-15-16-17-18-23-26-29-34-43-50-57-73(78)90-69(61-85-72(77)56-49-42-35-30-31-38-45-52-65(4)5)63-88-92(80,81)86-59-68(75)60-87-93(82,83)89-64-70(91-74(79)58-51-44-37-36-40-47-54-67(7)10-3)62-84-71(76)55-48-41-33-28-25-22-20-19-21-24-27-32-39-46-53-66(6)9-2/h15-18,65-70,75H,8-14,19-64H2,1-7H3,(H,80,81)(H,82,83)/b16-15-,18-17-/t66?,67?,68?,69-,70-/m1/s1. The van der Waals surface area contributed by atoms with E-state index in [-0.39, 0.29) is 25.7 Å². The molecule has 0 aliphatic rings. The number of rotatable bonds is 70. The lowest BCUT2D eigenvalue weighted by molar-refractivity contribution is -0.161. The summed E-state index contributed by atoms with van der Waals surface area (Å²) in [7, 11) is -9.92. The molecule has 548 valence electrons. The van der Waals surface area contributed by atoms with Gasteiger partial charge in [0.05, 0.1) is 26.4 Å². The largest absolute Gasteiger partial charge is 0.472 e. The SMILES string of the molecule is CCCCCC/C=C\C=C/CCCCCCCC(=O)O[C@H](COC(=O)CCCCCCCCCC(C)C)COP(=O)(O)OCC(O)COP(=O)(O)OC[C@@H](COC(=O)CCCCCCCCCCCCCCCCC(C)CC)OC(=O)CCCCCCCCC(C)CC. The fourth-order valence-electron chi connectivity index (χ4n) is 10.6. The van der Waals surface area contributed by atoms with Crippen molar-refractivity contribution < 1.29 is 80.2 Å². The molecule has 0 aromatic rings. The molecule has 0 rings (SSSR count). The summed E-state index contributed by atoms with van der Waals surface area (Å²) in [5.41, 5.74) is 0. The van der Waals surface area contributed by atoms with Gasteiger partial charge in [-0.15, -0.1) is 0 Å². The van der Waals surface area contributed by atoms with E-state index in [0.717, 1.165) is 121 Å². The van der Waals surface area contributed by atoms with Crippen LogP contribution < -0.4 is 0 Å². The lowest BCUT2D eigenvalue weighted by atomic mass is 9.99. The third kappa shape index (κ3) is 65.3. The van der Waals surface area contributed by atoms with Crippen LogP contribution in [-0.2, 0) is 65.4 Å². The van der Waals surface area contributed by atoms with Crippen molar-refractivity contribution in [3.63, 3.8) is 0 Å². The Morgan fingerprint density at radius 3 is 0.957 bits per heavy atom. The maximum atomic E-state index is 13.0. The van der Waals surface area contributed by atoms with Crippen LogP contribution in [0.5, 0.6) is 0 Å². The van der Waals surface area contributed by atoms with Gasteiger partial charge in [-0.05, 0) is 69.1 Å². The summed E-state index contributed by atoms with van der Waals surface area (Å²) < 4.78 is 68.3. The first-order valence-electron chi connectivity index (χ1n) is 37.7. The van der Waals surface area contributed by atoms with Crippen LogP contribution in [-0.4, -0.2) is 96.7 Å². The van der Waals surface area contributed by atoms with Crippen LogP contribution in [0.25, 0.3) is 0 Å². The molecule has 7 atom stereocenters. The van der Waals surface area contributed by atoms with E-state index in [1.807, 2.05) is 0 Å². The van der Waals surface area contributed by atoms with Gasteiger partial charge >= 0.3 is 39.5 Å². The molecular formula is C74H140O17P2. The average molecular weight is 1360 g/mol. The van der Waals surface area contributed by atoms with Gasteiger partial charge in [0.2, 0.25) is 0 Å². The number of phosphoric acid groups is 2. The van der Waals surface area contributed by atoms with Crippen LogP contribution in [0.2, 0.25) is 0 Å². The molecule has 0 saturated heterocycles. The normalized spacial score (nSPS) is 14.9. The topological polar surface area (TPSA) is 237 Å². The second-order valence-electron chi connectivity index (χ2n) is 27.0. The van der Waals surface area contributed by atoms with Gasteiger partial charge in [0.1, 0.15) is 19.3 Å². The maximum absolute atomic E-state index is 13.0. The van der Waals surface area contributed by atoms with Crippen molar-refractivity contribution >= 4 is 39.5 Å². The molecule has 17 nitrogen and oxygen atoms in total. The highest BCUT2D eigenvalue weighted by Crippen LogP contribution is 2.45. The van der Waals surface area contributed by atoms with Crippen molar-refractivity contribution in [2.24, 2.45) is 17.8 Å². The fraction of sp³-hybridized carbons (Fsp3) is 0.892. The number of esters is 4. The van der Waals surface area contributed by atoms with E-state index in [2.05, 4.69) is 72.8 Å². The predicted octanol–water partition coefficient (Wildman–Crippen LogP) is 21.0. The molecule has 0 bridgehead atoms. The summed E-state index contributed by atoms with van der Waals surface area (Å²) in [5.74, 6) is 0.113. The second-order valence-corrected chi connectivity index (χ2v) is 29.9. The van der Waals surface area contributed by atoms with Gasteiger partial charge in [-0.2, -0.15) is 0 Å². The molecule has 3 N–H and O–H groups in total. The molecule has 0 fully saturated rings. The number of hydrogen-bond donors (Lipinski definition) is 3. The Bertz CT molecular complexity index is 1920. The van der Waals surface area contributed by atoms with Crippen molar-refractivity contribution in [1.82, 2.24) is 0 Å². The van der Waals surface area contributed by atoms with Crippen molar-refractivity contribution in [1.29, 1.82) is 0 Å². The predicted molar refractivity (Wildman–Crippen MR) is 377 cm³/mol. The minimum atomic E-state index is -4.96. The Balaban J connectivity index is 5.23. The summed E-state index contributed by atoms with van der Waals surface area (Å²) in [6.45, 7) is 11.8. The number of hydrogen-bond acceptors (Lipinski definition) is 15. The van der Waals surface area contributed by atoms with Gasteiger partial charge in [0.25, 0.3) is 0 Å². The maximum Gasteiger partial charge on any atom is 0.472 e. The first-order valence-corrected chi connectivity index (χ1v) is 40.7. The number of allylic oxidation sites excluding steroid dienone is 4. The molecule has 5 unspecified atom stereocenters. The highest BCUT2D eigenvalue weighted by atomic mass is 31.2. The van der Waals surface area contributed by atoms with Crippen LogP contribution >= 0.6 is 15.6 Å². The molecule has 0 aliphatic carbocycles. The van der Waals surface area contributed by atoms with Crippen LogP contribution in [0.3, 0.4) is 0 Å². The number of unbranched alkanes of at least 4 members (excludes halogenated alkanes) is 33. The number of ether oxygens (including phenoxy) is 4. The van der Waals surface area contributed by atoms with E-state index >= 15 is 0 Å². The summed E-state index contributed by atoms with van der Waals surface area (Å²) in [5, 5.41) is 10.6. The summed E-state index contributed by atoms with van der Waals surface area (Å²) in [4.78, 5) is 72.6. The summed E-state index contributed by atoms with van der Waals surface area (Å²) in [6, 6.07) is 0. The first-order chi connectivity index (χ1) is 44.8. The van der Waals surface area contributed by atoms with Crippen molar-refractivity contribution in [3.05, 3.63) is 24.3 Å². The Labute approximate surface area is 567 Å². The fourth-order valence-corrected chi connectivity index (χ4v) is 12.2. The van der Waals surface area contributed by atoms with Gasteiger partial charge in [-0.3, -0.25) is 37.3 Å². The van der Waals surface area contributed by atoms with E-state index < -0.39 is 97.5 Å². The zero-order valence-electron chi connectivity index (χ0n) is 60.2. The van der Waals surface area contributed by atoms with Gasteiger partial charge < -0.3 is 33.8 Å². The zero-order chi connectivity index (χ0) is 68.7. The molecule has 0 spiro atoms. The minimum absolute atomic E-state index is 0.0838. The highest BCUT2D eigenvalue weighted by molar-refractivity contribution is 7.47. The molecule has 93 heavy (non-hydrogen) atoms. The van der Waals surface area contributed by atoms with E-state index in [4.69, 9.17) is 37.0 Å².